The lowest BCUT2D eigenvalue weighted by molar-refractivity contribution is -0.121. The molecule has 1 fully saturated rings. The smallest absolute Gasteiger partial charge is 0.220 e. The molecular weight excluding hydrogens is 288 g/mol. The lowest BCUT2D eigenvalue weighted by Gasteiger charge is -2.10. The van der Waals surface area contributed by atoms with Gasteiger partial charge in [0.1, 0.15) is 12.4 Å². The van der Waals surface area contributed by atoms with Crippen LogP contribution in [0.4, 0.5) is 0 Å². The first-order valence-electron chi connectivity index (χ1n) is 8.40. The van der Waals surface area contributed by atoms with Crippen molar-refractivity contribution in [2.45, 2.75) is 19.3 Å². The van der Waals surface area contributed by atoms with Crippen molar-refractivity contribution in [3.8, 4) is 5.75 Å². The van der Waals surface area contributed by atoms with E-state index in [2.05, 4.69) is 28.8 Å². The van der Waals surface area contributed by atoms with Crippen molar-refractivity contribution in [2.75, 3.05) is 26.2 Å². The first-order valence-corrected chi connectivity index (χ1v) is 8.40. The van der Waals surface area contributed by atoms with E-state index in [-0.39, 0.29) is 5.91 Å². The molecule has 2 aromatic carbocycles. The van der Waals surface area contributed by atoms with Crippen LogP contribution in [0.1, 0.15) is 19.3 Å². The fraction of sp³-hybridized carbons (Fsp3) is 0.421. The highest BCUT2D eigenvalue weighted by molar-refractivity contribution is 5.83. The summed E-state index contributed by atoms with van der Waals surface area (Å²) in [5.74, 6) is 1.63. The molecule has 1 amide bonds. The van der Waals surface area contributed by atoms with Crippen LogP contribution in [-0.4, -0.2) is 32.1 Å². The van der Waals surface area contributed by atoms with E-state index in [0.717, 1.165) is 25.3 Å². The van der Waals surface area contributed by atoms with Gasteiger partial charge >= 0.3 is 0 Å². The lowest BCUT2D eigenvalue weighted by Crippen LogP contribution is -2.28. The topological polar surface area (TPSA) is 50.4 Å². The number of ether oxygens (including phenoxy) is 1. The van der Waals surface area contributed by atoms with Crippen LogP contribution in [0.3, 0.4) is 0 Å². The number of carbonyl (C=O) groups is 1. The molecule has 0 radical (unpaired) electrons. The monoisotopic (exact) mass is 312 g/mol. The number of carbonyl (C=O) groups excluding carboxylic acids is 1. The molecule has 23 heavy (non-hydrogen) atoms. The van der Waals surface area contributed by atoms with Gasteiger partial charge in [0, 0.05) is 6.42 Å². The van der Waals surface area contributed by atoms with Crippen LogP contribution in [0.25, 0.3) is 10.8 Å². The minimum atomic E-state index is 0.124. The lowest BCUT2D eigenvalue weighted by atomic mass is 10.0. The number of fused-ring (bicyclic) bond motifs is 1. The Kier molecular flexibility index (Phi) is 5.48. The molecule has 3 rings (SSSR count). The zero-order valence-electron chi connectivity index (χ0n) is 13.4. The number of nitrogens with one attached hydrogen (secondary N) is 2. The van der Waals surface area contributed by atoms with E-state index < -0.39 is 0 Å². The quantitative estimate of drug-likeness (QED) is 0.773. The van der Waals surface area contributed by atoms with Crippen LogP contribution in [0, 0.1) is 5.92 Å². The Bertz CT molecular complexity index is 651. The second-order valence-corrected chi connectivity index (χ2v) is 6.10. The Morgan fingerprint density at radius 2 is 2.09 bits per heavy atom. The Balaban J connectivity index is 1.36. The van der Waals surface area contributed by atoms with Crippen LogP contribution >= 0.6 is 0 Å². The third kappa shape index (κ3) is 4.70. The minimum Gasteiger partial charge on any atom is -0.492 e. The van der Waals surface area contributed by atoms with Gasteiger partial charge in [-0.25, -0.2) is 0 Å². The van der Waals surface area contributed by atoms with Crippen LogP contribution in [-0.2, 0) is 4.79 Å². The SMILES string of the molecule is O=C(CCC1CCNC1)NCCOc1ccc2ccccc2c1. The zero-order valence-corrected chi connectivity index (χ0v) is 13.4. The molecule has 1 atom stereocenters. The highest BCUT2D eigenvalue weighted by Gasteiger charge is 2.15. The Morgan fingerprint density at radius 1 is 1.22 bits per heavy atom. The molecular formula is C19H24N2O2. The molecule has 0 spiro atoms. The van der Waals surface area contributed by atoms with E-state index >= 15 is 0 Å². The number of benzene rings is 2. The van der Waals surface area contributed by atoms with Gasteiger partial charge in [-0.15, -0.1) is 0 Å². The van der Waals surface area contributed by atoms with Gasteiger partial charge in [-0.3, -0.25) is 4.79 Å². The second-order valence-electron chi connectivity index (χ2n) is 6.10. The van der Waals surface area contributed by atoms with Crippen molar-refractivity contribution in [1.29, 1.82) is 0 Å². The number of amides is 1. The summed E-state index contributed by atoms with van der Waals surface area (Å²) in [5.41, 5.74) is 0. The van der Waals surface area contributed by atoms with Gasteiger partial charge in [0.25, 0.3) is 0 Å². The summed E-state index contributed by atoms with van der Waals surface area (Å²) in [4.78, 5) is 11.8. The summed E-state index contributed by atoms with van der Waals surface area (Å²) in [5, 5.41) is 8.63. The van der Waals surface area contributed by atoms with Crippen molar-refractivity contribution in [3.63, 3.8) is 0 Å². The maximum Gasteiger partial charge on any atom is 0.220 e. The standard InChI is InChI=1S/C19H24N2O2/c22-19(8-5-15-9-10-20-14-15)21-11-12-23-18-7-6-16-3-1-2-4-17(16)13-18/h1-4,6-7,13,15,20H,5,8-12,14H2,(H,21,22). The molecule has 4 heteroatoms. The van der Waals surface area contributed by atoms with Crippen molar-refractivity contribution >= 4 is 16.7 Å². The average molecular weight is 312 g/mol. The highest BCUT2D eigenvalue weighted by Crippen LogP contribution is 2.20. The van der Waals surface area contributed by atoms with Crippen molar-refractivity contribution < 1.29 is 9.53 Å². The Labute approximate surface area is 137 Å². The third-order valence-corrected chi connectivity index (χ3v) is 4.36. The molecule has 4 nitrogen and oxygen atoms in total. The molecule has 0 bridgehead atoms. The summed E-state index contributed by atoms with van der Waals surface area (Å²) in [6, 6.07) is 14.3. The van der Waals surface area contributed by atoms with Gasteiger partial charge in [0.05, 0.1) is 6.54 Å². The van der Waals surface area contributed by atoms with Crippen molar-refractivity contribution in [1.82, 2.24) is 10.6 Å². The molecule has 0 aromatic heterocycles. The molecule has 2 N–H and O–H groups in total. The maximum absolute atomic E-state index is 11.8. The van der Waals surface area contributed by atoms with Crippen LogP contribution < -0.4 is 15.4 Å². The maximum atomic E-state index is 11.8. The summed E-state index contributed by atoms with van der Waals surface area (Å²) in [6.45, 7) is 3.19. The summed E-state index contributed by atoms with van der Waals surface area (Å²) in [7, 11) is 0. The van der Waals surface area contributed by atoms with E-state index in [0.29, 0.717) is 25.5 Å². The van der Waals surface area contributed by atoms with Crippen LogP contribution in [0.5, 0.6) is 5.75 Å². The van der Waals surface area contributed by atoms with Crippen molar-refractivity contribution in [3.05, 3.63) is 42.5 Å². The summed E-state index contributed by atoms with van der Waals surface area (Å²) < 4.78 is 5.72. The van der Waals surface area contributed by atoms with Gasteiger partial charge < -0.3 is 15.4 Å². The van der Waals surface area contributed by atoms with E-state index in [1.54, 1.807) is 0 Å². The van der Waals surface area contributed by atoms with Gasteiger partial charge in [-0.1, -0.05) is 30.3 Å². The average Bonchev–Trinajstić information content (AvgIpc) is 3.10. The molecule has 2 aromatic rings. The molecule has 1 saturated heterocycles. The predicted octanol–water partition coefficient (Wildman–Crippen LogP) is 2.72. The van der Waals surface area contributed by atoms with E-state index in [1.807, 2.05) is 24.3 Å². The fourth-order valence-electron chi connectivity index (χ4n) is 3.00. The first kappa shape index (κ1) is 15.8. The largest absolute Gasteiger partial charge is 0.492 e. The molecule has 0 saturated carbocycles. The predicted molar refractivity (Wildman–Crippen MR) is 92.7 cm³/mol. The van der Waals surface area contributed by atoms with Gasteiger partial charge in [0.2, 0.25) is 5.91 Å². The zero-order chi connectivity index (χ0) is 15.9. The molecule has 1 heterocycles. The van der Waals surface area contributed by atoms with Crippen LogP contribution in [0.2, 0.25) is 0 Å². The first-order chi connectivity index (χ1) is 11.3. The summed E-state index contributed by atoms with van der Waals surface area (Å²) >= 11 is 0. The van der Waals surface area contributed by atoms with E-state index in [9.17, 15) is 4.79 Å². The molecule has 122 valence electrons. The van der Waals surface area contributed by atoms with Gasteiger partial charge in [0.15, 0.2) is 0 Å². The molecule has 0 aliphatic carbocycles. The van der Waals surface area contributed by atoms with E-state index in [1.165, 1.54) is 17.2 Å². The Morgan fingerprint density at radius 3 is 2.91 bits per heavy atom. The highest BCUT2D eigenvalue weighted by atomic mass is 16.5. The summed E-state index contributed by atoms with van der Waals surface area (Å²) in [6.07, 6.45) is 2.78. The second kappa shape index (κ2) is 7.97. The number of rotatable bonds is 7. The minimum absolute atomic E-state index is 0.124. The molecule has 1 aliphatic rings. The molecule has 1 unspecified atom stereocenters. The number of hydrogen-bond acceptors (Lipinski definition) is 3. The Hall–Kier alpha value is -2.07. The number of hydrogen-bond donors (Lipinski definition) is 2. The van der Waals surface area contributed by atoms with Crippen molar-refractivity contribution in [2.24, 2.45) is 5.92 Å². The molecule has 1 aliphatic heterocycles. The van der Waals surface area contributed by atoms with Gasteiger partial charge in [-0.2, -0.15) is 0 Å². The normalized spacial score (nSPS) is 17.3. The van der Waals surface area contributed by atoms with Crippen LogP contribution in [0.15, 0.2) is 42.5 Å². The van der Waals surface area contributed by atoms with E-state index in [4.69, 9.17) is 4.74 Å². The fourth-order valence-corrected chi connectivity index (χ4v) is 3.00. The van der Waals surface area contributed by atoms with Gasteiger partial charge in [-0.05, 0) is 54.8 Å². The third-order valence-electron chi connectivity index (χ3n) is 4.36.